The first-order valence-electron chi connectivity index (χ1n) is 7.71. The number of hydrogen-bond donors (Lipinski definition) is 1. The van der Waals surface area contributed by atoms with Crippen molar-refractivity contribution in [2.45, 2.75) is 6.54 Å². The van der Waals surface area contributed by atoms with Gasteiger partial charge in [0.2, 0.25) is 0 Å². The van der Waals surface area contributed by atoms with Crippen LogP contribution in [0.4, 0.5) is 11.4 Å². The molecule has 2 aromatic carbocycles. The molecule has 0 radical (unpaired) electrons. The lowest BCUT2D eigenvalue weighted by molar-refractivity contribution is -0.914. The minimum absolute atomic E-state index is 0.329. The minimum Gasteiger partial charge on any atom is -0.868 e. The standard InChI is InChI=1S/C17H19N3O3/c21-17-7-6-14(12-16(17)20(22)23)13-18-8-10-19(11-9-18)15-4-2-1-3-5-15/h1-7,12,21H,8-11,13H2. The second kappa shape index (κ2) is 6.66. The Morgan fingerprint density at radius 3 is 2.43 bits per heavy atom. The molecule has 6 heteroatoms. The second-order valence-corrected chi connectivity index (χ2v) is 5.81. The van der Waals surface area contributed by atoms with Crippen LogP contribution in [0.15, 0.2) is 48.5 Å². The molecule has 0 saturated carbocycles. The molecule has 0 atom stereocenters. The Labute approximate surface area is 134 Å². The normalized spacial score (nSPS) is 15.6. The average molecular weight is 313 g/mol. The molecule has 23 heavy (non-hydrogen) atoms. The zero-order valence-electron chi connectivity index (χ0n) is 12.8. The minimum atomic E-state index is -0.603. The highest BCUT2D eigenvalue weighted by atomic mass is 16.6. The van der Waals surface area contributed by atoms with E-state index in [0.717, 1.165) is 31.7 Å². The number of nitrogens with one attached hydrogen (secondary N) is 1. The third-order valence-corrected chi connectivity index (χ3v) is 4.27. The molecular weight excluding hydrogens is 294 g/mol. The van der Waals surface area contributed by atoms with Crippen molar-refractivity contribution < 1.29 is 14.9 Å². The lowest BCUT2D eigenvalue weighted by Crippen LogP contribution is -3.13. The van der Waals surface area contributed by atoms with Gasteiger partial charge in [-0.1, -0.05) is 30.3 Å². The van der Waals surface area contributed by atoms with Crippen molar-refractivity contribution in [3.63, 3.8) is 0 Å². The summed E-state index contributed by atoms with van der Waals surface area (Å²) < 4.78 is 0. The zero-order chi connectivity index (χ0) is 16.2. The Balaban J connectivity index is 1.61. The smallest absolute Gasteiger partial charge is 0.262 e. The van der Waals surface area contributed by atoms with Crippen LogP contribution in [0, 0.1) is 10.1 Å². The van der Waals surface area contributed by atoms with Crippen LogP contribution < -0.4 is 14.9 Å². The summed E-state index contributed by atoms with van der Waals surface area (Å²) in [5, 5.41) is 22.3. The van der Waals surface area contributed by atoms with E-state index < -0.39 is 10.7 Å². The van der Waals surface area contributed by atoms with Crippen molar-refractivity contribution in [1.29, 1.82) is 0 Å². The van der Waals surface area contributed by atoms with Crippen LogP contribution in [-0.2, 0) is 6.54 Å². The Morgan fingerprint density at radius 2 is 1.78 bits per heavy atom. The second-order valence-electron chi connectivity index (χ2n) is 5.81. The number of benzene rings is 2. The quantitative estimate of drug-likeness (QED) is 0.662. The van der Waals surface area contributed by atoms with Crippen molar-refractivity contribution in [2.24, 2.45) is 0 Å². The predicted molar refractivity (Wildman–Crippen MR) is 85.6 cm³/mol. The van der Waals surface area contributed by atoms with Gasteiger partial charge in [0.15, 0.2) is 0 Å². The third kappa shape index (κ3) is 3.60. The number of hydrogen-bond acceptors (Lipinski definition) is 4. The summed E-state index contributed by atoms with van der Waals surface area (Å²) >= 11 is 0. The number of para-hydroxylation sites is 1. The van der Waals surface area contributed by atoms with Gasteiger partial charge >= 0.3 is 0 Å². The summed E-state index contributed by atoms with van der Waals surface area (Å²) in [7, 11) is 0. The molecule has 0 aliphatic carbocycles. The van der Waals surface area contributed by atoms with Gasteiger partial charge in [0, 0.05) is 17.3 Å². The summed E-state index contributed by atoms with van der Waals surface area (Å²) in [4.78, 5) is 14.0. The monoisotopic (exact) mass is 313 g/mol. The summed E-state index contributed by atoms with van der Waals surface area (Å²) in [5.74, 6) is -0.525. The van der Waals surface area contributed by atoms with E-state index in [2.05, 4.69) is 17.0 Å². The molecule has 2 aromatic rings. The number of nitrogens with zero attached hydrogens (tertiary/aromatic N) is 2. The summed E-state index contributed by atoms with van der Waals surface area (Å²) in [6, 6.07) is 14.7. The molecule has 1 fully saturated rings. The molecule has 0 spiro atoms. The van der Waals surface area contributed by atoms with Gasteiger partial charge in [0.1, 0.15) is 6.54 Å². The van der Waals surface area contributed by atoms with Crippen LogP contribution in [0.1, 0.15) is 5.56 Å². The highest BCUT2D eigenvalue weighted by Gasteiger charge is 2.21. The molecule has 1 heterocycles. The lowest BCUT2D eigenvalue weighted by atomic mass is 10.1. The molecular formula is C17H19N3O3. The number of quaternary nitrogens is 1. The molecule has 0 amide bonds. The maximum absolute atomic E-state index is 11.4. The van der Waals surface area contributed by atoms with Crippen molar-refractivity contribution in [2.75, 3.05) is 31.1 Å². The summed E-state index contributed by atoms with van der Waals surface area (Å²) in [6.45, 7) is 4.58. The van der Waals surface area contributed by atoms with Gasteiger partial charge in [-0.3, -0.25) is 10.1 Å². The van der Waals surface area contributed by atoms with Crippen LogP contribution in [0.3, 0.4) is 0 Å². The Hall–Kier alpha value is -2.60. The molecule has 0 unspecified atom stereocenters. The summed E-state index contributed by atoms with van der Waals surface area (Å²) in [5.41, 5.74) is 1.75. The molecule has 1 aliphatic rings. The first kappa shape index (κ1) is 15.3. The van der Waals surface area contributed by atoms with Crippen LogP contribution in [0.5, 0.6) is 5.75 Å². The third-order valence-electron chi connectivity index (χ3n) is 4.27. The lowest BCUT2D eigenvalue weighted by Gasteiger charge is -2.33. The van der Waals surface area contributed by atoms with E-state index in [1.165, 1.54) is 22.7 Å². The van der Waals surface area contributed by atoms with Gasteiger partial charge in [0.25, 0.3) is 5.69 Å². The van der Waals surface area contributed by atoms with Crippen molar-refractivity contribution in [3.05, 3.63) is 64.2 Å². The molecule has 6 nitrogen and oxygen atoms in total. The number of rotatable bonds is 4. The van der Waals surface area contributed by atoms with Gasteiger partial charge in [-0.15, -0.1) is 0 Å². The van der Waals surface area contributed by atoms with Crippen LogP contribution in [0.2, 0.25) is 0 Å². The number of anilines is 1. The van der Waals surface area contributed by atoms with E-state index in [4.69, 9.17) is 0 Å². The molecule has 1 N–H and O–H groups in total. The van der Waals surface area contributed by atoms with Crippen LogP contribution in [0.25, 0.3) is 0 Å². The topological polar surface area (TPSA) is 73.9 Å². The van der Waals surface area contributed by atoms with E-state index in [-0.39, 0.29) is 5.69 Å². The van der Waals surface area contributed by atoms with Crippen LogP contribution >= 0.6 is 0 Å². The Kier molecular flexibility index (Phi) is 4.43. The number of nitro benzene ring substituents is 1. The Bertz CT molecular complexity index is 683. The molecule has 120 valence electrons. The fourth-order valence-corrected chi connectivity index (χ4v) is 3.00. The molecule has 1 saturated heterocycles. The van der Waals surface area contributed by atoms with Gasteiger partial charge < -0.3 is 14.9 Å². The molecule has 0 aromatic heterocycles. The predicted octanol–water partition coefficient (Wildman–Crippen LogP) is 0.573. The zero-order valence-corrected chi connectivity index (χ0v) is 12.8. The maximum Gasteiger partial charge on any atom is 0.262 e. The number of piperazine rings is 1. The first-order valence-corrected chi connectivity index (χ1v) is 7.71. The van der Waals surface area contributed by atoms with Crippen molar-refractivity contribution >= 4 is 11.4 Å². The van der Waals surface area contributed by atoms with E-state index >= 15 is 0 Å². The van der Waals surface area contributed by atoms with Gasteiger partial charge in [0.05, 0.1) is 31.1 Å². The van der Waals surface area contributed by atoms with E-state index in [1.54, 1.807) is 6.07 Å². The number of nitro groups is 1. The van der Waals surface area contributed by atoms with Gasteiger partial charge in [-0.2, -0.15) is 0 Å². The molecule has 0 bridgehead atoms. The fraction of sp³-hybridized carbons (Fsp3) is 0.294. The maximum atomic E-state index is 11.4. The average Bonchev–Trinajstić information content (AvgIpc) is 2.58. The van der Waals surface area contributed by atoms with E-state index in [9.17, 15) is 15.2 Å². The van der Waals surface area contributed by atoms with Gasteiger partial charge in [-0.25, -0.2) is 0 Å². The largest absolute Gasteiger partial charge is 0.868 e. The molecule has 1 aliphatic heterocycles. The van der Waals surface area contributed by atoms with Crippen LogP contribution in [-0.4, -0.2) is 31.1 Å². The van der Waals surface area contributed by atoms with Crippen molar-refractivity contribution in [3.8, 4) is 5.75 Å². The highest BCUT2D eigenvalue weighted by Crippen LogP contribution is 2.23. The SMILES string of the molecule is O=[N+]([O-])c1cc(C[NH+]2CCN(c3ccccc3)CC2)ccc1[O-]. The summed E-state index contributed by atoms with van der Waals surface area (Å²) in [6.07, 6.45) is 0. The van der Waals surface area contributed by atoms with Crippen molar-refractivity contribution in [1.82, 2.24) is 0 Å². The van der Waals surface area contributed by atoms with E-state index in [0.29, 0.717) is 6.54 Å². The fourth-order valence-electron chi connectivity index (χ4n) is 3.00. The van der Waals surface area contributed by atoms with Gasteiger partial charge in [-0.05, 0) is 17.9 Å². The molecule has 3 rings (SSSR count). The first-order chi connectivity index (χ1) is 11.1. The highest BCUT2D eigenvalue weighted by molar-refractivity contribution is 5.47. The Morgan fingerprint density at radius 1 is 1.09 bits per heavy atom. The van der Waals surface area contributed by atoms with E-state index in [1.807, 2.05) is 18.2 Å².